The number of anilines is 1. The second-order valence-corrected chi connectivity index (χ2v) is 5.82. The summed E-state index contributed by atoms with van der Waals surface area (Å²) in [6.07, 6.45) is 3.57. The molecule has 0 aliphatic carbocycles. The van der Waals surface area contributed by atoms with Gasteiger partial charge in [-0.15, -0.1) is 0 Å². The van der Waals surface area contributed by atoms with Crippen molar-refractivity contribution in [2.24, 2.45) is 7.05 Å². The predicted molar refractivity (Wildman–Crippen MR) is 78.6 cm³/mol. The molecule has 2 rings (SSSR count). The zero-order valence-electron chi connectivity index (χ0n) is 10.6. The van der Waals surface area contributed by atoms with Crippen molar-refractivity contribution >= 4 is 35.0 Å². The molecule has 1 atom stereocenters. The van der Waals surface area contributed by atoms with E-state index in [4.69, 9.17) is 11.6 Å². The van der Waals surface area contributed by atoms with E-state index in [0.29, 0.717) is 5.02 Å². The van der Waals surface area contributed by atoms with Gasteiger partial charge < -0.3 is 9.88 Å². The third-order valence-electron chi connectivity index (χ3n) is 2.54. The van der Waals surface area contributed by atoms with E-state index in [0.717, 1.165) is 10.8 Å². The molecule has 0 radical (unpaired) electrons. The highest BCUT2D eigenvalue weighted by atomic mass is 35.5. The molecule has 19 heavy (non-hydrogen) atoms. The summed E-state index contributed by atoms with van der Waals surface area (Å²) in [6, 6.07) is 7.04. The fraction of sp³-hybridized carbons (Fsp3) is 0.231. The Morgan fingerprint density at radius 1 is 1.42 bits per heavy atom. The van der Waals surface area contributed by atoms with Gasteiger partial charge in [0, 0.05) is 30.2 Å². The fourth-order valence-electron chi connectivity index (χ4n) is 1.45. The van der Waals surface area contributed by atoms with Gasteiger partial charge in [0.25, 0.3) is 0 Å². The Bertz CT molecular complexity index is 568. The molecule has 1 amide bonds. The van der Waals surface area contributed by atoms with Gasteiger partial charge >= 0.3 is 0 Å². The average Bonchev–Trinajstić information content (AvgIpc) is 2.78. The zero-order valence-corrected chi connectivity index (χ0v) is 12.2. The summed E-state index contributed by atoms with van der Waals surface area (Å²) in [5.74, 6) is -0.0599. The lowest BCUT2D eigenvalue weighted by Gasteiger charge is -2.11. The molecule has 0 aliphatic heterocycles. The van der Waals surface area contributed by atoms with Crippen molar-refractivity contribution in [3.05, 3.63) is 41.7 Å². The quantitative estimate of drug-likeness (QED) is 0.881. The molecular weight excluding hydrogens is 282 g/mol. The van der Waals surface area contributed by atoms with E-state index in [2.05, 4.69) is 10.3 Å². The number of benzene rings is 1. The van der Waals surface area contributed by atoms with Crippen LogP contribution in [0, 0.1) is 0 Å². The monoisotopic (exact) mass is 295 g/mol. The molecular formula is C13H14ClN3OS. The summed E-state index contributed by atoms with van der Waals surface area (Å²) in [7, 11) is 1.90. The van der Waals surface area contributed by atoms with Crippen LogP contribution in [0.15, 0.2) is 41.8 Å². The number of aryl methyl sites for hydroxylation is 1. The maximum Gasteiger partial charge on any atom is 0.237 e. The molecule has 6 heteroatoms. The number of carbonyl (C=O) groups is 1. The molecule has 1 N–H and O–H groups in total. The Kier molecular flexibility index (Phi) is 4.50. The number of imidazole rings is 1. The van der Waals surface area contributed by atoms with Crippen molar-refractivity contribution in [3.8, 4) is 0 Å². The van der Waals surface area contributed by atoms with Crippen LogP contribution >= 0.6 is 23.4 Å². The third kappa shape index (κ3) is 3.75. The van der Waals surface area contributed by atoms with E-state index >= 15 is 0 Å². The van der Waals surface area contributed by atoms with Crippen LogP contribution in [0.25, 0.3) is 0 Å². The molecule has 0 fully saturated rings. The lowest BCUT2D eigenvalue weighted by atomic mass is 10.3. The lowest BCUT2D eigenvalue weighted by molar-refractivity contribution is -0.115. The summed E-state index contributed by atoms with van der Waals surface area (Å²) in [5, 5.41) is 4.09. The largest absolute Gasteiger partial charge is 0.329 e. The number of thioether (sulfide) groups is 1. The van der Waals surface area contributed by atoms with Gasteiger partial charge in [-0.3, -0.25) is 4.79 Å². The first-order valence-corrected chi connectivity index (χ1v) is 7.02. The normalized spacial score (nSPS) is 12.2. The minimum Gasteiger partial charge on any atom is -0.329 e. The number of carbonyl (C=O) groups excluding carboxylic acids is 1. The SMILES string of the molecule is C[C@H](Sc1nccn1C)C(=O)Nc1ccc(Cl)cc1. The molecule has 0 aliphatic rings. The van der Waals surface area contributed by atoms with E-state index in [1.807, 2.05) is 24.7 Å². The van der Waals surface area contributed by atoms with E-state index in [1.165, 1.54) is 11.8 Å². The van der Waals surface area contributed by atoms with Gasteiger partial charge in [-0.1, -0.05) is 23.4 Å². The van der Waals surface area contributed by atoms with E-state index < -0.39 is 0 Å². The minimum atomic E-state index is -0.225. The fourth-order valence-corrected chi connectivity index (χ4v) is 2.41. The van der Waals surface area contributed by atoms with Crippen molar-refractivity contribution in [2.45, 2.75) is 17.3 Å². The van der Waals surface area contributed by atoms with Gasteiger partial charge in [0.05, 0.1) is 5.25 Å². The second kappa shape index (κ2) is 6.12. The first-order valence-electron chi connectivity index (χ1n) is 5.76. The van der Waals surface area contributed by atoms with Gasteiger partial charge in [0.2, 0.25) is 5.91 Å². The molecule has 4 nitrogen and oxygen atoms in total. The number of amides is 1. The first-order chi connectivity index (χ1) is 9.06. The summed E-state index contributed by atoms with van der Waals surface area (Å²) in [5.41, 5.74) is 0.738. The lowest BCUT2D eigenvalue weighted by Crippen LogP contribution is -2.22. The summed E-state index contributed by atoms with van der Waals surface area (Å²) < 4.78 is 1.89. The number of nitrogens with one attached hydrogen (secondary N) is 1. The van der Waals surface area contributed by atoms with E-state index in [9.17, 15) is 4.79 Å². The Labute approximate surface area is 121 Å². The van der Waals surface area contributed by atoms with Gasteiger partial charge in [0.15, 0.2) is 5.16 Å². The van der Waals surface area contributed by atoms with Gasteiger partial charge in [0.1, 0.15) is 0 Å². The molecule has 0 bridgehead atoms. The van der Waals surface area contributed by atoms with Crippen LogP contribution in [0.5, 0.6) is 0 Å². The van der Waals surface area contributed by atoms with Gasteiger partial charge in [-0.25, -0.2) is 4.98 Å². The summed E-state index contributed by atoms with van der Waals surface area (Å²) in [6.45, 7) is 1.85. The molecule has 1 heterocycles. The maximum absolute atomic E-state index is 12.0. The van der Waals surface area contributed by atoms with Crippen molar-refractivity contribution in [1.82, 2.24) is 9.55 Å². The molecule has 1 aromatic carbocycles. The molecule has 1 aromatic heterocycles. The highest BCUT2D eigenvalue weighted by Gasteiger charge is 2.16. The van der Waals surface area contributed by atoms with Crippen LogP contribution in [0.1, 0.15) is 6.92 Å². The zero-order chi connectivity index (χ0) is 13.8. The number of aromatic nitrogens is 2. The number of hydrogen-bond donors (Lipinski definition) is 1. The van der Waals surface area contributed by atoms with Gasteiger partial charge in [-0.2, -0.15) is 0 Å². The molecule has 0 saturated heterocycles. The highest BCUT2D eigenvalue weighted by Crippen LogP contribution is 2.22. The Morgan fingerprint density at radius 3 is 2.68 bits per heavy atom. The van der Waals surface area contributed by atoms with Crippen LogP contribution in [0.2, 0.25) is 5.02 Å². The molecule has 0 saturated carbocycles. The molecule has 0 spiro atoms. The predicted octanol–water partition coefficient (Wildman–Crippen LogP) is 3.19. The maximum atomic E-state index is 12.0. The number of halogens is 1. The van der Waals surface area contributed by atoms with Crippen LogP contribution in [0.4, 0.5) is 5.69 Å². The Balaban J connectivity index is 1.96. The van der Waals surface area contributed by atoms with Crippen LogP contribution in [-0.4, -0.2) is 20.7 Å². The van der Waals surface area contributed by atoms with Crippen molar-refractivity contribution in [1.29, 1.82) is 0 Å². The number of hydrogen-bond acceptors (Lipinski definition) is 3. The Hall–Kier alpha value is -1.46. The molecule has 100 valence electrons. The van der Waals surface area contributed by atoms with Gasteiger partial charge in [-0.05, 0) is 31.2 Å². The number of rotatable bonds is 4. The first kappa shape index (κ1) is 14.0. The van der Waals surface area contributed by atoms with Crippen molar-refractivity contribution < 1.29 is 4.79 Å². The summed E-state index contributed by atoms with van der Waals surface area (Å²) in [4.78, 5) is 16.2. The second-order valence-electron chi connectivity index (χ2n) is 4.08. The van der Waals surface area contributed by atoms with Crippen LogP contribution in [0.3, 0.4) is 0 Å². The Morgan fingerprint density at radius 2 is 2.11 bits per heavy atom. The summed E-state index contributed by atoms with van der Waals surface area (Å²) >= 11 is 7.22. The third-order valence-corrected chi connectivity index (χ3v) is 3.96. The van der Waals surface area contributed by atoms with E-state index in [-0.39, 0.29) is 11.2 Å². The molecule has 0 unspecified atom stereocenters. The molecule has 2 aromatic rings. The highest BCUT2D eigenvalue weighted by molar-refractivity contribution is 8.00. The van der Waals surface area contributed by atoms with Crippen molar-refractivity contribution in [2.75, 3.05) is 5.32 Å². The number of nitrogens with zero attached hydrogens (tertiary/aromatic N) is 2. The topological polar surface area (TPSA) is 46.9 Å². The van der Waals surface area contributed by atoms with Crippen LogP contribution in [-0.2, 0) is 11.8 Å². The van der Waals surface area contributed by atoms with E-state index in [1.54, 1.807) is 30.5 Å². The average molecular weight is 296 g/mol. The standard InChI is InChI=1S/C13H14ClN3OS/c1-9(19-13-15-7-8-17(13)2)12(18)16-11-5-3-10(14)4-6-11/h3-9H,1-2H3,(H,16,18)/t9-/m0/s1. The minimum absolute atomic E-state index is 0.0599. The van der Waals surface area contributed by atoms with Crippen LogP contribution < -0.4 is 5.32 Å². The smallest absolute Gasteiger partial charge is 0.237 e. The van der Waals surface area contributed by atoms with Crippen molar-refractivity contribution in [3.63, 3.8) is 0 Å².